The fourth-order valence-electron chi connectivity index (χ4n) is 2.05. The van der Waals surface area contributed by atoms with E-state index in [9.17, 15) is 8.76 Å². The number of piperidine rings is 1. The van der Waals surface area contributed by atoms with Gasteiger partial charge in [-0.25, -0.2) is 9.97 Å². The maximum Gasteiger partial charge on any atom is 0.115 e. The van der Waals surface area contributed by atoms with Gasteiger partial charge in [-0.2, -0.15) is 0 Å². The second-order valence-corrected chi connectivity index (χ2v) is 4.83. The first kappa shape index (κ1) is 11.6. The summed E-state index contributed by atoms with van der Waals surface area (Å²) in [5.74, 6) is 0.593. The van der Waals surface area contributed by atoms with Gasteiger partial charge in [0.15, 0.2) is 0 Å². The highest BCUT2D eigenvalue weighted by Gasteiger charge is 2.21. The van der Waals surface area contributed by atoms with Crippen LogP contribution in [0.2, 0.25) is 0 Å². The highest BCUT2D eigenvalue weighted by atomic mass is 32.2. The second-order valence-electron chi connectivity index (χ2n) is 3.96. The van der Waals surface area contributed by atoms with Gasteiger partial charge in [-0.1, -0.05) is 0 Å². The van der Waals surface area contributed by atoms with E-state index in [1.165, 1.54) is 0 Å². The Morgan fingerprint density at radius 3 is 2.81 bits per heavy atom. The first-order valence-electron chi connectivity index (χ1n) is 5.30. The van der Waals surface area contributed by atoms with Gasteiger partial charge in [-0.3, -0.25) is 9.11 Å². The number of hydrogen-bond donors (Lipinski definition) is 0. The molecule has 1 aromatic heterocycles. The van der Waals surface area contributed by atoms with Crippen molar-refractivity contribution < 1.29 is 8.76 Å². The minimum Gasteiger partial charge on any atom is -0.771 e. The summed E-state index contributed by atoms with van der Waals surface area (Å²) in [4.78, 5) is 10.1. The molecule has 0 spiro atoms. The number of hydrogen-bond acceptors (Lipinski definition) is 5. The zero-order chi connectivity index (χ0) is 11.4. The monoisotopic (exact) mass is 240 g/mol. The molecule has 0 N–H and O–H groups in total. The number of rotatable bonds is 3. The molecule has 16 heavy (non-hydrogen) atoms. The minimum absolute atomic E-state index is 0.149. The van der Waals surface area contributed by atoms with Crippen LogP contribution in [-0.4, -0.2) is 42.6 Å². The normalized spacial score (nSPS) is 20.8. The predicted molar refractivity (Wildman–Crippen MR) is 59.4 cm³/mol. The van der Waals surface area contributed by atoms with Crippen molar-refractivity contribution in [1.82, 2.24) is 14.9 Å². The molecule has 1 aliphatic rings. The molecule has 2 heterocycles. The van der Waals surface area contributed by atoms with Crippen LogP contribution in [0.3, 0.4) is 0 Å². The van der Waals surface area contributed by atoms with Crippen LogP contribution in [0.4, 0.5) is 0 Å². The quantitative estimate of drug-likeness (QED) is 0.719. The van der Waals surface area contributed by atoms with Crippen LogP contribution in [0, 0.1) is 0 Å². The molecule has 0 radical (unpaired) electrons. The van der Waals surface area contributed by atoms with Crippen molar-refractivity contribution in [3.8, 4) is 0 Å². The first-order valence-corrected chi connectivity index (χ1v) is 6.54. The van der Waals surface area contributed by atoms with Crippen molar-refractivity contribution in [3.05, 3.63) is 24.3 Å². The zero-order valence-corrected chi connectivity index (χ0v) is 9.73. The molecule has 0 saturated carbocycles. The van der Waals surface area contributed by atoms with Gasteiger partial charge < -0.3 is 4.55 Å². The molecule has 1 aromatic rings. The molecule has 88 valence electrons. The van der Waals surface area contributed by atoms with Crippen molar-refractivity contribution >= 4 is 11.1 Å². The van der Waals surface area contributed by atoms with Gasteiger partial charge in [-0.05, 0) is 43.1 Å². The Hall–Kier alpha value is -0.850. The van der Waals surface area contributed by atoms with Crippen molar-refractivity contribution in [2.24, 2.45) is 0 Å². The third kappa shape index (κ3) is 3.07. The maximum absolute atomic E-state index is 10.6. The standard InChI is InChI=1S/C10H15N3O2S/c14-16(15)8-13-5-2-9(3-6-13)10-1-4-11-7-12-10/h1,4,7,9H,2-3,5-6,8H2,(H,14,15)/p-1. The topological polar surface area (TPSA) is 69.2 Å². The van der Waals surface area contributed by atoms with Gasteiger partial charge in [-0.15, -0.1) is 0 Å². The summed E-state index contributed by atoms with van der Waals surface area (Å²) in [7, 11) is 0. The lowest BCUT2D eigenvalue weighted by Crippen LogP contribution is -2.35. The molecule has 1 unspecified atom stereocenters. The van der Waals surface area contributed by atoms with Crippen molar-refractivity contribution in [2.45, 2.75) is 18.8 Å². The summed E-state index contributed by atoms with van der Waals surface area (Å²) in [5, 5.41) is 0. The van der Waals surface area contributed by atoms with E-state index in [1.54, 1.807) is 12.5 Å². The summed E-state index contributed by atoms with van der Waals surface area (Å²) in [6.07, 6.45) is 5.25. The first-order chi connectivity index (χ1) is 7.75. The van der Waals surface area contributed by atoms with Crippen molar-refractivity contribution in [1.29, 1.82) is 0 Å². The van der Waals surface area contributed by atoms with E-state index in [1.807, 2.05) is 11.0 Å². The van der Waals surface area contributed by atoms with Gasteiger partial charge in [0.05, 0.1) is 5.88 Å². The van der Waals surface area contributed by atoms with Gasteiger partial charge >= 0.3 is 0 Å². The van der Waals surface area contributed by atoms with Crippen LogP contribution < -0.4 is 0 Å². The van der Waals surface area contributed by atoms with Crippen LogP contribution in [0.25, 0.3) is 0 Å². The Morgan fingerprint density at radius 1 is 1.50 bits per heavy atom. The lowest BCUT2D eigenvalue weighted by molar-refractivity contribution is 0.238. The van der Waals surface area contributed by atoms with E-state index in [0.29, 0.717) is 5.92 Å². The summed E-state index contributed by atoms with van der Waals surface area (Å²) in [6, 6.07) is 1.94. The van der Waals surface area contributed by atoms with E-state index < -0.39 is 11.1 Å². The van der Waals surface area contributed by atoms with E-state index >= 15 is 0 Å². The smallest absolute Gasteiger partial charge is 0.115 e. The Bertz CT molecular complexity index is 352. The van der Waals surface area contributed by atoms with Crippen LogP contribution in [0.15, 0.2) is 18.6 Å². The summed E-state index contributed by atoms with van der Waals surface area (Å²) in [6.45, 7) is 1.64. The average molecular weight is 240 g/mol. The lowest BCUT2D eigenvalue weighted by atomic mass is 9.94. The van der Waals surface area contributed by atoms with E-state index in [0.717, 1.165) is 31.6 Å². The van der Waals surface area contributed by atoms with Crippen molar-refractivity contribution in [2.75, 3.05) is 19.0 Å². The van der Waals surface area contributed by atoms with E-state index in [2.05, 4.69) is 9.97 Å². The molecule has 0 bridgehead atoms. The van der Waals surface area contributed by atoms with E-state index in [-0.39, 0.29) is 5.88 Å². The molecule has 1 saturated heterocycles. The Morgan fingerprint density at radius 2 is 2.25 bits per heavy atom. The zero-order valence-electron chi connectivity index (χ0n) is 8.91. The highest BCUT2D eigenvalue weighted by molar-refractivity contribution is 7.79. The van der Waals surface area contributed by atoms with Gasteiger partial charge in [0.1, 0.15) is 6.33 Å². The Kier molecular flexibility index (Phi) is 3.98. The number of likely N-dealkylation sites (tertiary alicyclic amines) is 1. The SMILES string of the molecule is O=S([O-])CN1CCC(c2ccncn2)CC1. The molecule has 1 atom stereocenters. The molecule has 0 aliphatic carbocycles. The molecular weight excluding hydrogens is 226 g/mol. The van der Waals surface area contributed by atoms with E-state index in [4.69, 9.17) is 0 Å². The largest absolute Gasteiger partial charge is 0.771 e. The Labute approximate surface area is 97.2 Å². The number of aromatic nitrogens is 2. The fraction of sp³-hybridized carbons (Fsp3) is 0.600. The van der Waals surface area contributed by atoms with Crippen LogP contribution >= 0.6 is 0 Å². The molecule has 1 fully saturated rings. The van der Waals surface area contributed by atoms with Gasteiger partial charge in [0.25, 0.3) is 0 Å². The number of nitrogens with zero attached hydrogens (tertiary/aromatic N) is 3. The highest BCUT2D eigenvalue weighted by Crippen LogP contribution is 2.25. The van der Waals surface area contributed by atoms with Gasteiger partial charge in [0.2, 0.25) is 0 Å². The second kappa shape index (κ2) is 5.47. The molecular formula is C10H14N3O2S-. The molecule has 0 amide bonds. The maximum atomic E-state index is 10.6. The lowest BCUT2D eigenvalue weighted by Gasteiger charge is -2.31. The predicted octanol–water partition coefficient (Wildman–Crippen LogP) is 0.493. The third-order valence-corrected chi connectivity index (χ3v) is 3.47. The van der Waals surface area contributed by atoms with Crippen LogP contribution in [0.5, 0.6) is 0 Å². The average Bonchev–Trinajstić information content (AvgIpc) is 2.30. The molecule has 6 heteroatoms. The van der Waals surface area contributed by atoms with Gasteiger partial charge in [0, 0.05) is 17.8 Å². The molecule has 1 aliphatic heterocycles. The summed E-state index contributed by atoms with van der Waals surface area (Å²) < 4.78 is 21.1. The molecule has 5 nitrogen and oxygen atoms in total. The third-order valence-electron chi connectivity index (χ3n) is 2.90. The van der Waals surface area contributed by atoms with Crippen LogP contribution in [0.1, 0.15) is 24.5 Å². The fourth-order valence-corrected chi connectivity index (χ4v) is 2.61. The molecule has 2 rings (SSSR count). The van der Waals surface area contributed by atoms with Crippen molar-refractivity contribution in [3.63, 3.8) is 0 Å². The summed E-state index contributed by atoms with van der Waals surface area (Å²) in [5.41, 5.74) is 1.07. The summed E-state index contributed by atoms with van der Waals surface area (Å²) >= 11 is -1.97. The Balaban J connectivity index is 1.88. The minimum atomic E-state index is -1.97. The molecule has 0 aromatic carbocycles. The van der Waals surface area contributed by atoms with Crippen LogP contribution in [-0.2, 0) is 11.1 Å².